The minimum absolute atomic E-state index is 0.150. The Morgan fingerprint density at radius 1 is 1.16 bits per heavy atom. The molecule has 6 N–H and O–H groups in total. The van der Waals surface area contributed by atoms with Gasteiger partial charge in [-0.2, -0.15) is 13.2 Å². The Bertz CT molecular complexity index is 951. The number of nitrogen functional groups attached to an aromatic ring is 1. The van der Waals surface area contributed by atoms with Crippen molar-refractivity contribution in [2.45, 2.75) is 31.6 Å². The Kier molecular flexibility index (Phi) is 7.72. The van der Waals surface area contributed by atoms with Crippen LogP contribution in [0.4, 0.5) is 29.3 Å². The van der Waals surface area contributed by atoms with Gasteiger partial charge in [-0.1, -0.05) is 31.2 Å². The summed E-state index contributed by atoms with van der Waals surface area (Å²) in [6.07, 6.45) is -4.08. The zero-order valence-electron chi connectivity index (χ0n) is 17.2. The lowest BCUT2D eigenvalue weighted by Crippen LogP contribution is -2.45. The molecule has 0 saturated carbocycles. The van der Waals surface area contributed by atoms with E-state index in [1.54, 1.807) is 31.2 Å². The van der Waals surface area contributed by atoms with Crippen molar-refractivity contribution in [2.75, 3.05) is 18.1 Å². The van der Waals surface area contributed by atoms with Gasteiger partial charge < -0.3 is 27.0 Å². The van der Waals surface area contributed by atoms with Gasteiger partial charge in [0.05, 0.1) is 22.5 Å². The van der Waals surface area contributed by atoms with Gasteiger partial charge in [0.2, 0.25) is 0 Å². The maximum atomic E-state index is 13.1. The number of alkyl halides is 3. The second kappa shape index (κ2) is 9.86. The maximum Gasteiger partial charge on any atom is 0.416 e. The van der Waals surface area contributed by atoms with E-state index < -0.39 is 17.3 Å². The fourth-order valence-corrected chi connectivity index (χ4v) is 3.17. The van der Waals surface area contributed by atoms with Crippen LogP contribution in [0.25, 0.3) is 0 Å². The van der Waals surface area contributed by atoms with Crippen molar-refractivity contribution < 1.29 is 18.0 Å². The van der Waals surface area contributed by atoms with E-state index in [4.69, 9.17) is 18.0 Å². The van der Waals surface area contributed by atoms with E-state index in [2.05, 4.69) is 28.2 Å². The summed E-state index contributed by atoms with van der Waals surface area (Å²) in [5.74, 6) is 0. The van der Waals surface area contributed by atoms with Crippen LogP contribution in [0, 0.1) is 6.92 Å². The average Bonchev–Trinajstić information content (AvgIpc) is 2.73. The number of para-hydroxylation sites is 1. The highest BCUT2D eigenvalue weighted by molar-refractivity contribution is 7.80. The third kappa shape index (κ3) is 6.24. The largest absolute Gasteiger partial charge is 0.416 e. The first-order valence-corrected chi connectivity index (χ1v) is 9.86. The van der Waals surface area contributed by atoms with Crippen molar-refractivity contribution in [3.63, 3.8) is 0 Å². The van der Waals surface area contributed by atoms with Crippen LogP contribution in [0.15, 0.2) is 42.5 Å². The van der Waals surface area contributed by atoms with E-state index in [1.807, 2.05) is 0 Å². The molecule has 0 aliphatic rings. The van der Waals surface area contributed by atoms with Crippen molar-refractivity contribution in [2.24, 2.45) is 0 Å². The van der Waals surface area contributed by atoms with Gasteiger partial charge in [0.25, 0.3) is 0 Å². The SMILES string of the molecule is [CH2]C(CC)(NC(=S)Nc1cccc(CNC(=O)NC)c1N)c1cccc(C(F)(F)F)c1. The van der Waals surface area contributed by atoms with E-state index in [1.165, 1.54) is 13.1 Å². The quantitative estimate of drug-likeness (QED) is 0.336. The zero-order chi connectivity index (χ0) is 23.2. The van der Waals surface area contributed by atoms with Crippen LogP contribution in [0.5, 0.6) is 0 Å². The molecule has 2 aromatic carbocycles. The number of thiocarbonyl (C=S) groups is 1. The number of nitrogens with two attached hydrogens (primary N) is 1. The molecule has 0 bridgehead atoms. The monoisotopic (exact) mass is 452 g/mol. The van der Waals surface area contributed by atoms with Gasteiger partial charge in [-0.3, -0.25) is 0 Å². The van der Waals surface area contributed by atoms with Crippen molar-refractivity contribution in [3.05, 3.63) is 66.1 Å². The molecule has 1 unspecified atom stereocenters. The topological polar surface area (TPSA) is 91.2 Å². The molecule has 167 valence electrons. The van der Waals surface area contributed by atoms with Gasteiger partial charge in [0, 0.05) is 13.6 Å². The lowest BCUT2D eigenvalue weighted by molar-refractivity contribution is -0.137. The normalized spacial score (nSPS) is 13.1. The Hall–Kier alpha value is -3.01. The number of amides is 2. The molecule has 31 heavy (non-hydrogen) atoms. The molecule has 10 heteroatoms. The van der Waals surface area contributed by atoms with Crippen LogP contribution in [-0.2, 0) is 18.3 Å². The molecule has 1 radical (unpaired) electrons. The number of urea groups is 1. The van der Waals surface area contributed by atoms with Gasteiger partial charge in [0.15, 0.2) is 5.11 Å². The Morgan fingerprint density at radius 3 is 2.42 bits per heavy atom. The fourth-order valence-electron chi connectivity index (χ4n) is 2.87. The van der Waals surface area contributed by atoms with Gasteiger partial charge >= 0.3 is 12.2 Å². The summed E-state index contributed by atoms with van der Waals surface area (Å²) in [5.41, 5.74) is 6.23. The van der Waals surface area contributed by atoms with E-state index in [9.17, 15) is 18.0 Å². The Labute approximate surface area is 184 Å². The summed E-state index contributed by atoms with van der Waals surface area (Å²) in [4.78, 5) is 11.4. The lowest BCUT2D eigenvalue weighted by atomic mass is 9.88. The number of nitrogens with one attached hydrogen (secondary N) is 4. The lowest BCUT2D eigenvalue weighted by Gasteiger charge is -2.32. The second-order valence-electron chi connectivity index (χ2n) is 6.90. The molecule has 1 atom stereocenters. The van der Waals surface area contributed by atoms with E-state index in [0.29, 0.717) is 28.9 Å². The summed E-state index contributed by atoms with van der Waals surface area (Å²) in [6, 6.07) is 9.84. The first-order valence-electron chi connectivity index (χ1n) is 9.45. The number of halogens is 3. The highest BCUT2D eigenvalue weighted by atomic mass is 32.1. The minimum Gasteiger partial charge on any atom is -0.397 e. The van der Waals surface area contributed by atoms with Crippen molar-refractivity contribution >= 4 is 34.7 Å². The average molecular weight is 453 g/mol. The molecule has 6 nitrogen and oxygen atoms in total. The number of carbonyl (C=O) groups is 1. The van der Waals surface area contributed by atoms with Crippen LogP contribution in [0.3, 0.4) is 0 Å². The molecule has 2 rings (SSSR count). The first-order chi connectivity index (χ1) is 14.5. The molecule has 2 amide bonds. The molecular weight excluding hydrogens is 427 g/mol. The predicted octanol–water partition coefficient (Wildman–Crippen LogP) is 4.14. The van der Waals surface area contributed by atoms with Crippen LogP contribution < -0.4 is 27.0 Å². The molecule has 0 aliphatic carbocycles. The molecule has 0 aromatic heterocycles. The first kappa shape index (κ1) is 24.3. The molecule has 0 spiro atoms. The van der Waals surface area contributed by atoms with Crippen LogP contribution >= 0.6 is 12.2 Å². The molecule has 0 heterocycles. The molecule has 2 aromatic rings. The molecule has 0 saturated heterocycles. The Balaban J connectivity index is 2.18. The van der Waals surface area contributed by atoms with Crippen molar-refractivity contribution in [1.29, 1.82) is 0 Å². The van der Waals surface area contributed by atoms with E-state index in [-0.39, 0.29) is 17.7 Å². The summed E-state index contributed by atoms with van der Waals surface area (Å²) in [7, 11) is 1.50. The summed E-state index contributed by atoms with van der Waals surface area (Å²) >= 11 is 5.36. The maximum absolute atomic E-state index is 13.1. The van der Waals surface area contributed by atoms with Gasteiger partial charge in [-0.25, -0.2) is 4.79 Å². The zero-order valence-corrected chi connectivity index (χ0v) is 18.0. The molecule has 0 aliphatic heterocycles. The summed E-state index contributed by atoms with van der Waals surface area (Å²) < 4.78 is 39.3. The number of carbonyl (C=O) groups excluding carboxylic acids is 1. The highest BCUT2D eigenvalue weighted by Gasteiger charge is 2.33. The number of hydrogen-bond acceptors (Lipinski definition) is 3. The molecular formula is C21H25F3N5OS. The van der Waals surface area contributed by atoms with Crippen LogP contribution in [-0.4, -0.2) is 18.2 Å². The standard InChI is InChI=1S/C21H25F3N5OS/c1-4-20(2,14-8-6-9-15(11-14)21(22,23)24)29-19(31)28-16-10-5-7-13(17(16)25)12-27-18(30)26-3/h5-11H,2,4,12,25H2,1,3H3,(H2,26,27,30)(H2,28,29,31). The van der Waals surface area contributed by atoms with Crippen molar-refractivity contribution in [1.82, 2.24) is 16.0 Å². The fraction of sp³-hybridized carbons (Fsp3) is 0.286. The number of hydrogen-bond donors (Lipinski definition) is 5. The predicted molar refractivity (Wildman–Crippen MR) is 120 cm³/mol. The number of benzene rings is 2. The van der Waals surface area contributed by atoms with Crippen LogP contribution in [0.2, 0.25) is 0 Å². The smallest absolute Gasteiger partial charge is 0.397 e. The van der Waals surface area contributed by atoms with Crippen molar-refractivity contribution in [3.8, 4) is 0 Å². The summed E-state index contributed by atoms with van der Waals surface area (Å²) in [6.45, 7) is 6.07. The second-order valence-corrected chi connectivity index (χ2v) is 7.31. The number of anilines is 2. The Morgan fingerprint density at radius 2 is 1.81 bits per heavy atom. The van der Waals surface area contributed by atoms with Gasteiger partial charge in [-0.15, -0.1) is 0 Å². The summed E-state index contributed by atoms with van der Waals surface area (Å²) in [5, 5.41) is 11.2. The minimum atomic E-state index is -4.46. The van der Waals surface area contributed by atoms with Gasteiger partial charge in [-0.05, 0) is 54.9 Å². The third-order valence-corrected chi connectivity index (χ3v) is 5.01. The third-order valence-electron chi connectivity index (χ3n) is 4.81. The van der Waals surface area contributed by atoms with E-state index >= 15 is 0 Å². The van der Waals surface area contributed by atoms with E-state index in [0.717, 1.165) is 12.1 Å². The highest BCUT2D eigenvalue weighted by Crippen LogP contribution is 2.33. The van der Waals surface area contributed by atoms with Crippen LogP contribution in [0.1, 0.15) is 30.0 Å². The van der Waals surface area contributed by atoms with Gasteiger partial charge in [0.1, 0.15) is 0 Å². The molecule has 0 fully saturated rings. The number of rotatable bonds is 6.